The fraction of sp³-hybridized carbons (Fsp3) is 0.385. The first-order valence-corrected chi connectivity index (χ1v) is 11.4. The zero-order chi connectivity index (χ0) is 25.6. The molecule has 2 aromatic carbocycles. The molecule has 0 aliphatic rings. The molecule has 2 N–H and O–H groups in total. The highest BCUT2D eigenvalue weighted by Gasteiger charge is 2.31. The number of hydrogen-bond donors (Lipinski definition) is 2. The third-order valence-electron chi connectivity index (χ3n) is 5.18. The van der Waals surface area contributed by atoms with Crippen LogP contribution in [0.15, 0.2) is 54.6 Å². The van der Waals surface area contributed by atoms with Crippen LogP contribution in [0.2, 0.25) is 0 Å². The first-order chi connectivity index (χ1) is 16.4. The van der Waals surface area contributed by atoms with Crippen LogP contribution in [0.25, 0.3) is 11.3 Å². The summed E-state index contributed by atoms with van der Waals surface area (Å²) >= 11 is 0. The molecule has 188 valence electrons. The Labute approximate surface area is 204 Å². The zero-order valence-corrected chi connectivity index (χ0v) is 20.7. The minimum Gasteiger partial charge on any atom is -0.406 e. The lowest BCUT2D eigenvalue weighted by Crippen LogP contribution is -2.17. The number of nitrogens with zero attached hydrogens (tertiary/aromatic N) is 3. The lowest BCUT2D eigenvalue weighted by molar-refractivity contribution is -0.274. The molecule has 9 heteroatoms. The highest BCUT2D eigenvalue weighted by Crippen LogP contribution is 2.30. The normalized spacial score (nSPS) is 12.0. The number of ether oxygens (including phenoxy) is 1. The highest BCUT2D eigenvalue weighted by atomic mass is 19.4. The van der Waals surface area contributed by atoms with Gasteiger partial charge >= 0.3 is 6.36 Å². The lowest BCUT2D eigenvalue weighted by Gasteiger charge is -2.19. The molecule has 1 heterocycles. The maximum Gasteiger partial charge on any atom is 0.573 e. The average Bonchev–Trinajstić information content (AvgIpc) is 2.75. The molecular formula is C26H32F3N5O. The molecule has 0 bridgehead atoms. The van der Waals surface area contributed by atoms with Crippen molar-refractivity contribution in [2.45, 2.75) is 39.0 Å². The number of halogens is 3. The van der Waals surface area contributed by atoms with E-state index in [1.54, 1.807) is 12.1 Å². The van der Waals surface area contributed by atoms with Crippen molar-refractivity contribution in [1.82, 2.24) is 14.9 Å². The van der Waals surface area contributed by atoms with Gasteiger partial charge in [0.2, 0.25) is 5.95 Å². The Balaban J connectivity index is 1.89. The molecule has 0 saturated carbocycles. The van der Waals surface area contributed by atoms with Crippen molar-refractivity contribution in [1.29, 1.82) is 0 Å². The topological polar surface area (TPSA) is 62.3 Å². The molecule has 1 aromatic heterocycles. The molecule has 35 heavy (non-hydrogen) atoms. The van der Waals surface area contributed by atoms with E-state index in [9.17, 15) is 13.2 Å². The van der Waals surface area contributed by atoms with E-state index < -0.39 is 6.36 Å². The van der Waals surface area contributed by atoms with E-state index in [1.165, 1.54) is 23.8 Å². The Morgan fingerprint density at radius 1 is 0.943 bits per heavy atom. The second kappa shape index (κ2) is 10.9. The van der Waals surface area contributed by atoms with Crippen molar-refractivity contribution < 1.29 is 17.9 Å². The monoisotopic (exact) mass is 487 g/mol. The van der Waals surface area contributed by atoms with Crippen LogP contribution < -0.4 is 15.4 Å². The van der Waals surface area contributed by atoms with Crippen LogP contribution in [0.3, 0.4) is 0 Å². The Morgan fingerprint density at radius 2 is 1.66 bits per heavy atom. The molecule has 0 spiro atoms. The second-order valence-corrected chi connectivity index (χ2v) is 9.57. The summed E-state index contributed by atoms with van der Waals surface area (Å²) in [4.78, 5) is 11.2. The second-order valence-electron chi connectivity index (χ2n) is 9.57. The largest absolute Gasteiger partial charge is 0.573 e. The predicted octanol–water partition coefficient (Wildman–Crippen LogP) is 6.45. The predicted molar refractivity (Wildman–Crippen MR) is 134 cm³/mol. The summed E-state index contributed by atoms with van der Waals surface area (Å²) < 4.78 is 42.2. The van der Waals surface area contributed by atoms with Gasteiger partial charge in [-0.25, -0.2) is 4.98 Å². The first kappa shape index (κ1) is 26.3. The van der Waals surface area contributed by atoms with E-state index in [-0.39, 0.29) is 11.2 Å². The van der Waals surface area contributed by atoms with Gasteiger partial charge in [-0.2, -0.15) is 4.98 Å². The molecule has 0 radical (unpaired) electrons. The quantitative estimate of drug-likeness (QED) is 0.339. The van der Waals surface area contributed by atoms with Gasteiger partial charge in [-0.05, 0) is 62.3 Å². The summed E-state index contributed by atoms with van der Waals surface area (Å²) in [5.41, 5.74) is 3.04. The lowest BCUT2D eigenvalue weighted by atomic mass is 9.87. The van der Waals surface area contributed by atoms with Gasteiger partial charge in [0.05, 0.1) is 5.69 Å². The van der Waals surface area contributed by atoms with E-state index in [0.717, 1.165) is 18.7 Å². The minimum absolute atomic E-state index is 0.0355. The fourth-order valence-corrected chi connectivity index (χ4v) is 3.39. The number of nitrogens with one attached hydrogen (secondary N) is 2. The maximum atomic E-state index is 12.7. The minimum atomic E-state index is -4.77. The number of hydrogen-bond acceptors (Lipinski definition) is 6. The van der Waals surface area contributed by atoms with E-state index in [1.807, 2.05) is 26.2 Å². The van der Waals surface area contributed by atoms with E-state index in [2.05, 4.69) is 63.1 Å². The molecule has 3 aromatic rings. The molecule has 0 aliphatic carbocycles. The molecule has 0 amide bonds. The zero-order valence-electron chi connectivity index (χ0n) is 20.7. The Hall–Kier alpha value is -3.33. The van der Waals surface area contributed by atoms with Gasteiger partial charge in [-0.1, -0.05) is 45.0 Å². The summed E-state index contributed by atoms with van der Waals surface area (Å²) in [5, 5.41) is 6.50. The van der Waals surface area contributed by atoms with E-state index in [4.69, 9.17) is 0 Å². The molecule has 0 unspecified atom stereocenters. The van der Waals surface area contributed by atoms with Crippen molar-refractivity contribution in [2.24, 2.45) is 0 Å². The van der Waals surface area contributed by atoms with Gasteiger partial charge in [0.15, 0.2) is 0 Å². The summed E-state index contributed by atoms with van der Waals surface area (Å²) in [5.74, 6) is 0.606. The van der Waals surface area contributed by atoms with Crippen molar-refractivity contribution in [3.63, 3.8) is 0 Å². The number of rotatable bonds is 9. The number of aromatic nitrogens is 2. The van der Waals surface area contributed by atoms with Gasteiger partial charge in [0.1, 0.15) is 11.6 Å². The summed E-state index contributed by atoms with van der Waals surface area (Å²) in [7, 11) is 4.00. The SMILES string of the molecule is CN(C)CCCNc1nc(Nc2ccc(C(C)(C)C)cc2)cc(-c2cccc(OC(F)(F)F)c2)n1. The summed E-state index contributed by atoms with van der Waals surface area (Å²) in [6, 6.07) is 15.5. The van der Waals surface area contributed by atoms with Crippen LogP contribution in [-0.4, -0.2) is 48.4 Å². The van der Waals surface area contributed by atoms with Crippen LogP contribution in [0, 0.1) is 0 Å². The van der Waals surface area contributed by atoms with E-state index >= 15 is 0 Å². The average molecular weight is 488 g/mol. The van der Waals surface area contributed by atoms with Crippen LogP contribution in [0.5, 0.6) is 5.75 Å². The van der Waals surface area contributed by atoms with Gasteiger partial charge in [-0.15, -0.1) is 13.2 Å². The molecule has 3 rings (SSSR count). The van der Waals surface area contributed by atoms with Gasteiger partial charge in [0.25, 0.3) is 0 Å². The fourth-order valence-electron chi connectivity index (χ4n) is 3.39. The maximum absolute atomic E-state index is 12.7. The van der Waals surface area contributed by atoms with Gasteiger partial charge in [-0.3, -0.25) is 0 Å². The first-order valence-electron chi connectivity index (χ1n) is 11.4. The Kier molecular flexibility index (Phi) is 8.22. The molecule has 0 fully saturated rings. The van der Waals surface area contributed by atoms with Gasteiger partial charge < -0.3 is 20.3 Å². The van der Waals surface area contributed by atoms with Crippen LogP contribution in [0.4, 0.5) is 30.6 Å². The summed E-state index contributed by atoms with van der Waals surface area (Å²) in [6.45, 7) is 8.00. The molecular weight excluding hydrogens is 455 g/mol. The Morgan fingerprint density at radius 3 is 2.29 bits per heavy atom. The molecule has 0 atom stereocenters. The van der Waals surface area contributed by atoms with Gasteiger partial charge in [0, 0.05) is 23.9 Å². The Bertz CT molecular complexity index is 1110. The van der Waals surface area contributed by atoms with Crippen molar-refractivity contribution in [3.05, 3.63) is 60.2 Å². The van der Waals surface area contributed by atoms with Crippen molar-refractivity contribution in [3.8, 4) is 17.0 Å². The smallest absolute Gasteiger partial charge is 0.406 e. The van der Waals surface area contributed by atoms with Crippen molar-refractivity contribution >= 4 is 17.5 Å². The molecule has 0 aliphatic heterocycles. The number of alkyl halides is 3. The third-order valence-corrected chi connectivity index (χ3v) is 5.18. The van der Waals surface area contributed by atoms with Crippen LogP contribution >= 0.6 is 0 Å². The van der Waals surface area contributed by atoms with Crippen LogP contribution in [0.1, 0.15) is 32.8 Å². The number of anilines is 3. The third kappa shape index (κ3) is 8.43. The highest BCUT2D eigenvalue weighted by molar-refractivity contribution is 5.68. The molecule has 0 saturated heterocycles. The van der Waals surface area contributed by atoms with Crippen LogP contribution in [-0.2, 0) is 5.41 Å². The standard InChI is InChI=1S/C26H32F3N5O/c1-25(2,3)19-10-12-20(13-11-19)31-23-17-22(32-24(33-23)30-14-7-15-34(4)5)18-8-6-9-21(16-18)35-26(27,28)29/h6,8-13,16-17H,7,14-15H2,1-5H3,(H2,30,31,32,33). The number of benzene rings is 2. The summed E-state index contributed by atoms with van der Waals surface area (Å²) in [6.07, 6.45) is -3.89. The van der Waals surface area contributed by atoms with E-state index in [0.29, 0.717) is 29.6 Å². The van der Waals surface area contributed by atoms with Crippen molar-refractivity contribution in [2.75, 3.05) is 37.8 Å². The molecule has 6 nitrogen and oxygen atoms in total.